The first kappa shape index (κ1) is 20.4. The first-order valence-corrected chi connectivity index (χ1v) is 9.19. The second-order valence-corrected chi connectivity index (χ2v) is 6.84. The Hall–Kier alpha value is -3.32. The van der Waals surface area contributed by atoms with Gasteiger partial charge in [0, 0.05) is 16.4 Å². The lowest BCUT2D eigenvalue weighted by Gasteiger charge is -2.16. The molecule has 0 aliphatic rings. The SMILES string of the molecule is Cc1occc1C(=O)Nc1cc(NC(C)C(=O)Nc2ccc(Cl)cc2)ccc1F. The van der Waals surface area contributed by atoms with E-state index < -0.39 is 17.8 Å². The summed E-state index contributed by atoms with van der Waals surface area (Å²) < 4.78 is 19.2. The smallest absolute Gasteiger partial charge is 0.259 e. The van der Waals surface area contributed by atoms with Crippen LogP contribution in [-0.2, 0) is 4.79 Å². The molecule has 0 fully saturated rings. The van der Waals surface area contributed by atoms with Crippen LogP contribution in [0.4, 0.5) is 21.5 Å². The largest absolute Gasteiger partial charge is 0.469 e. The normalized spacial score (nSPS) is 11.6. The van der Waals surface area contributed by atoms with E-state index >= 15 is 0 Å². The third-order valence-electron chi connectivity index (χ3n) is 4.21. The highest BCUT2D eigenvalue weighted by Gasteiger charge is 2.16. The predicted octanol–water partition coefficient (Wildman–Crippen LogP) is 5.07. The summed E-state index contributed by atoms with van der Waals surface area (Å²) in [6, 6.07) is 11.7. The number of nitrogens with one attached hydrogen (secondary N) is 3. The molecule has 0 spiro atoms. The molecule has 2 aromatic carbocycles. The lowest BCUT2D eigenvalue weighted by Crippen LogP contribution is -2.31. The van der Waals surface area contributed by atoms with Gasteiger partial charge < -0.3 is 20.4 Å². The summed E-state index contributed by atoms with van der Waals surface area (Å²) in [5, 5.41) is 8.83. The summed E-state index contributed by atoms with van der Waals surface area (Å²) in [6.07, 6.45) is 1.39. The number of rotatable bonds is 6. The van der Waals surface area contributed by atoms with Gasteiger partial charge in [-0.25, -0.2) is 4.39 Å². The molecule has 0 saturated heterocycles. The van der Waals surface area contributed by atoms with Gasteiger partial charge in [0.05, 0.1) is 17.5 Å². The van der Waals surface area contributed by atoms with E-state index in [9.17, 15) is 14.0 Å². The molecule has 6 nitrogen and oxygen atoms in total. The molecule has 2 amide bonds. The first-order chi connectivity index (χ1) is 13.8. The lowest BCUT2D eigenvalue weighted by atomic mass is 10.2. The summed E-state index contributed by atoms with van der Waals surface area (Å²) in [4.78, 5) is 24.6. The van der Waals surface area contributed by atoms with Gasteiger partial charge in [0.2, 0.25) is 5.91 Å². The standard InChI is InChI=1S/C21H19ClFN3O3/c1-12(20(27)25-15-5-3-14(22)4-6-15)24-16-7-8-18(23)19(11-16)26-21(28)17-9-10-29-13(17)2/h3-12,24H,1-2H3,(H,25,27)(H,26,28). The molecule has 0 aliphatic carbocycles. The van der Waals surface area contributed by atoms with Crippen molar-refractivity contribution in [2.45, 2.75) is 19.9 Å². The number of halogens is 2. The van der Waals surface area contributed by atoms with Crippen LogP contribution in [0.3, 0.4) is 0 Å². The molecular weight excluding hydrogens is 397 g/mol. The van der Waals surface area contributed by atoms with E-state index in [1.165, 1.54) is 30.5 Å². The van der Waals surface area contributed by atoms with E-state index in [-0.39, 0.29) is 11.6 Å². The van der Waals surface area contributed by atoms with Crippen molar-refractivity contribution >= 4 is 40.5 Å². The minimum absolute atomic E-state index is 0.00842. The Bertz CT molecular complexity index is 1030. The Balaban J connectivity index is 1.67. The maximum atomic E-state index is 14.1. The van der Waals surface area contributed by atoms with Gasteiger partial charge in [0.15, 0.2) is 0 Å². The van der Waals surface area contributed by atoms with Crippen LogP contribution >= 0.6 is 11.6 Å². The predicted molar refractivity (Wildman–Crippen MR) is 111 cm³/mol. The van der Waals surface area contributed by atoms with Crippen LogP contribution in [0.1, 0.15) is 23.0 Å². The molecule has 3 rings (SSSR count). The topological polar surface area (TPSA) is 83.4 Å². The molecule has 8 heteroatoms. The van der Waals surface area contributed by atoms with Gasteiger partial charge in [0.25, 0.3) is 5.91 Å². The van der Waals surface area contributed by atoms with Crippen LogP contribution in [0, 0.1) is 12.7 Å². The molecule has 0 aliphatic heterocycles. The zero-order valence-corrected chi connectivity index (χ0v) is 16.5. The number of hydrogen-bond acceptors (Lipinski definition) is 4. The molecule has 29 heavy (non-hydrogen) atoms. The third kappa shape index (κ3) is 5.14. The average molecular weight is 416 g/mol. The molecule has 3 aromatic rings. The Morgan fingerprint density at radius 3 is 2.38 bits per heavy atom. The van der Waals surface area contributed by atoms with Gasteiger partial charge in [-0.15, -0.1) is 0 Å². The van der Waals surface area contributed by atoms with Crippen LogP contribution in [0.15, 0.2) is 59.2 Å². The fourth-order valence-electron chi connectivity index (χ4n) is 2.62. The molecule has 1 unspecified atom stereocenters. The van der Waals surface area contributed by atoms with E-state index in [2.05, 4.69) is 16.0 Å². The fourth-order valence-corrected chi connectivity index (χ4v) is 2.75. The Labute approximate surface area is 172 Å². The number of carbonyl (C=O) groups excluding carboxylic acids is 2. The van der Waals surface area contributed by atoms with Crippen LogP contribution in [0.5, 0.6) is 0 Å². The van der Waals surface area contributed by atoms with Gasteiger partial charge in [-0.2, -0.15) is 0 Å². The van der Waals surface area contributed by atoms with Gasteiger partial charge in [-0.05, 0) is 62.4 Å². The number of amides is 2. The Morgan fingerprint density at radius 1 is 1.03 bits per heavy atom. The minimum atomic E-state index is -0.615. The number of benzene rings is 2. The van der Waals surface area contributed by atoms with Crippen LogP contribution < -0.4 is 16.0 Å². The number of furan rings is 1. The number of anilines is 3. The van der Waals surface area contributed by atoms with Crippen molar-refractivity contribution in [1.29, 1.82) is 0 Å². The molecule has 0 bridgehead atoms. The highest BCUT2D eigenvalue weighted by Crippen LogP contribution is 2.22. The van der Waals surface area contributed by atoms with Crippen LogP contribution in [0.2, 0.25) is 5.02 Å². The first-order valence-electron chi connectivity index (χ1n) is 8.81. The van der Waals surface area contributed by atoms with Crippen molar-refractivity contribution < 1.29 is 18.4 Å². The van der Waals surface area contributed by atoms with Crippen molar-refractivity contribution in [3.8, 4) is 0 Å². The van der Waals surface area contributed by atoms with Gasteiger partial charge in [0.1, 0.15) is 17.6 Å². The number of hydrogen-bond donors (Lipinski definition) is 3. The van der Waals surface area contributed by atoms with E-state index in [0.717, 1.165) is 0 Å². The molecule has 1 heterocycles. The van der Waals surface area contributed by atoms with E-state index in [0.29, 0.717) is 27.7 Å². The van der Waals surface area contributed by atoms with Crippen molar-refractivity contribution in [3.05, 3.63) is 77.0 Å². The molecule has 150 valence electrons. The highest BCUT2D eigenvalue weighted by atomic mass is 35.5. The summed E-state index contributed by atoms with van der Waals surface area (Å²) in [5.41, 5.74) is 1.39. The molecule has 0 saturated carbocycles. The average Bonchev–Trinajstić information content (AvgIpc) is 3.12. The van der Waals surface area contributed by atoms with E-state index in [4.69, 9.17) is 16.0 Å². The zero-order valence-electron chi connectivity index (χ0n) is 15.8. The fraction of sp³-hybridized carbons (Fsp3) is 0.143. The maximum Gasteiger partial charge on any atom is 0.259 e. The van der Waals surface area contributed by atoms with Crippen molar-refractivity contribution in [1.82, 2.24) is 0 Å². The van der Waals surface area contributed by atoms with E-state index in [1.807, 2.05) is 0 Å². The van der Waals surface area contributed by atoms with Gasteiger partial charge in [-0.1, -0.05) is 11.6 Å². The van der Waals surface area contributed by atoms with Gasteiger partial charge in [-0.3, -0.25) is 9.59 Å². The monoisotopic (exact) mass is 415 g/mol. The second-order valence-electron chi connectivity index (χ2n) is 6.40. The molecule has 0 radical (unpaired) electrons. The lowest BCUT2D eigenvalue weighted by molar-refractivity contribution is -0.116. The molecular formula is C21H19ClFN3O3. The maximum absolute atomic E-state index is 14.1. The van der Waals surface area contributed by atoms with Crippen LogP contribution in [-0.4, -0.2) is 17.9 Å². The summed E-state index contributed by atoms with van der Waals surface area (Å²) in [6.45, 7) is 3.31. The number of carbonyl (C=O) groups is 2. The van der Waals surface area contributed by atoms with Crippen molar-refractivity contribution in [2.75, 3.05) is 16.0 Å². The quantitative estimate of drug-likeness (QED) is 0.524. The summed E-state index contributed by atoms with van der Waals surface area (Å²) >= 11 is 5.83. The van der Waals surface area contributed by atoms with Gasteiger partial charge >= 0.3 is 0 Å². The Kier molecular flexibility index (Phi) is 6.19. The molecule has 1 aromatic heterocycles. The minimum Gasteiger partial charge on any atom is -0.469 e. The highest BCUT2D eigenvalue weighted by molar-refractivity contribution is 6.30. The summed E-state index contributed by atoms with van der Waals surface area (Å²) in [5.74, 6) is -0.926. The Morgan fingerprint density at radius 2 is 1.72 bits per heavy atom. The molecule has 3 N–H and O–H groups in total. The second kappa shape index (κ2) is 8.79. The van der Waals surface area contributed by atoms with Crippen molar-refractivity contribution in [3.63, 3.8) is 0 Å². The summed E-state index contributed by atoms with van der Waals surface area (Å²) in [7, 11) is 0. The van der Waals surface area contributed by atoms with Crippen LogP contribution in [0.25, 0.3) is 0 Å². The number of aryl methyl sites for hydroxylation is 1. The third-order valence-corrected chi connectivity index (χ3v) is 4.46. The zero-order chi connectivity index (χ0) is 21.0. The van der Waals surface area contributed by atoms with E-state index in [1.54, 1.807) is 38.1 Å². The van der Waals surface area contributed by atoms with Crippen molar-refractivity contribution in [2.24, 2.45) is 0 Å². The molecule has 1 atom stereocenters.